The molecule has 1 heterocycles. The lowest BCUT2D eigenvalue weighted by Crippen LogP contribution is -2.51. The number of aryl methyl sites for hydroxylation is 1. The van der Waals surface area contributed by atoms with Crippen molar-refractivity contribution in [2.45, 2.75) is 45.7 Å². The third kappa shape index (κ3) is 4.27. The molecule has 1 rings (SSSR count). The average molecular weight is 277 g/mol. The summed E-state index contributed by atoms with van der Waals surface area (Å²) in [4.78, 5) is 17.7. The topological polar surface area (TPSA) is 85.3 Å². The van der Waals surface area contributed by atoms with Crippen LogP contribution in [-0.4, -0.2) is 33.5 Å². The maximum atomic E-state index is 12.1. The molecule has 1 unspecified atom stereocenters. The number of carbonyl (C=O) groups is 1. The number of hydrogen-bond donors (Lipinski definition) is 1. The van der Waals surface area contributed by atoms with Crippen LogP contribution in [0.2, 0.25) is 0 Å². The summed E-state index contributed by atoms with van der Waals surface area (Å²) in [5, 5.41) is 3.75. The second-order valence-corrected chi connectivity index (χ2v) is 4.56. The van der Waals surface area contributed by atoms with Crippen LogP contribution in [0.1, 0.15) is 38.4 Å². The zero-order valence-electron chi connectivity index (χ0n) is 11.3. The molecule has 0 aliphatic carbocycles. The molecule has 6 nitrogen and oxygen atoms in total. The number of nitrogens with two attached hydrogens (primary N) is 1. The summed E-state index contributed by atoms with van der Waals surface area (Å²) < 4.78 is 4.85. The molecule has 1 amide bonds. The van der Waals surface area contributed by atoms with Gasteiger partial charge in [0.25, 0.3) is 0 Å². The van der Waals surface area contributed by atoms with Gasteiger partial charge in [-0.1, -0.05) is 18.5 Å². The van der Waals surface area contributed by atoms with Crippen molar-refractivity contribution in [2.75, 3.05) is 7.05 Å². The van der Waals surface area contributed by atoms with Crippen molar-refractivity contribution < 1.29 is 9.32 Å². The van der Waals surface area contributed by atoms with Gasteiger partial charge in [-0.25, -0.2) is 0 Å². The minimum absolute atomic E-state index is 0. The molecule has 1 aromatic rings. The summed E-state index contributed by atoms with van der Waals surface area (Å²) in [6.07, 6.45) is 1.52. The highest BCUT2D eigenvalue weighted by Crippen LogP contribution is 2.13. The smallest absolute Gasteiger partial charge is 0.242 e. The fourth-order valence-corrected chi connectivity index (χ4v) is 1.75. The number of aromatic nitrogens is 2. The van der Waals surface area contributed by atoms with Crippen LogP contribution in [0.5, 0.6) is 0 Å². The second kappa shape index (κ2) is 6.70. The Morgan fingerprint density at radius 3 is 2.61 bits per heavy atom. The Bertz CT molecular complexity index is 392. The van der Waals surface area contributed by atoms with Gasteiger partial charge in [0.05, 0.1) is 12.1 Å². The van der Waals surface area contributed by atoms with Crippen LogP contribution in [0.15, 0.2) is 4.52 Å². The molecule has 0 aliphatic rings. The van der Waals surface area contributed by atoms with E-state index in [4.69, 9.17) is 10.3 Å². The third-order valence-corrected chi connectivity index (χ3v) is 2.55. The largest absolute Gasteiger partial charge is 0.340 e. The van der Waals surface area contributed by atoms with Gasteiger partial charge in [-0.3, -0.25) is 4.79 Å². The Labute approximate surface area is 113 Å². The van der Waals surface area contributed by atoms with E-state index in [0.717, 1.165) is 6.42 Å². The molecule has 0 saturated heterocycles. The molecule has 7 heteroatoms. The summed E-state index contributed by atoms with van der Waals surface area (Å²) >= 11 is 0. The molecule has 1 aromatic heterocycles. The van der Waals surface area contributed by atoms with Crippen molar-refractivity contribution in [3.05, 3.63) is 11.7 Å². The fourth-order valence-electron chi connectivity index (χ4n) is 1.75. The number of nitrogens with zero attached hydrogens (tertiary/aromatic N) is 3. The van der Waals surface area contributed by atoms with Crippen molar-refractivity contribution in [3.63, 3.8) is 0 Å². The first-order valence-electron chi connectivity index (χ1n) is 5.70. The summed E-state index contributed by atoms with van der Waals surface area (Å²) in [7, 11) is 1.69. The molecule has 0 spiro atoms. The van der Waals surface area contributed by atoms with Crippen molar-refractivity contribution in [3.8, 4) is 0 Å². The number of carbonyl (C=O) groups excluding carboxylic acids is 1. The lowest BCUT2D eigenvalue weighted by molar-refractivity contribution is -0.136. The van der Waals surface area contributed by atoms with Crippen LogP contribution < -0.4 is 5.73 Å². The zero-order chi connectivity index (χ0) is 13.1. The monoisotopic (exact) mass is 276 g/mol. The van der Waals surface area contributed by atoms with Crippen molar-refractivity contribution in [2.24, 2.45) is 5.73 Å². The number of amides is 1. The molecule has 1 atom stereocenters. The van der Waals surface area contributed by atoms with Gasteiger partial charge >= 0.3 is 0 Å². The van der Waals surface area contributed by atoms with E-state index in [9.17, 15) is 4.79 Å². The molecule has 0 aromatic carbocycles. The first-order chi connectivity index (χ1) is 7.86. The lowest BCUT2D eigenvalue weighted by atomic mass is 9.96. The van der Waals surface area contributed by atoms with Crippen LogP contribution in [0.25, 0.3) is 0 Å². The number of likely N-dealkylation sites (N-methyl/N-ethyl adjacent to an activating group) is 1. The van der Waals surface area contributed by atoms with E-state index in [1.165, 1.54) is 4.90 Å². The van der Waals surface area contributed by atoms with Crippen molar-refractivity contribution >= 4 is 18.3 Å². The van der Waals surface area contributed by atoms with Gasteiger partial charge in [0, 0.05) is 14.0 Å². The Morgan fingerprint density at radius 1 is 1.56 bits per heavy atom. The molecule has 2 N–H and O–H groups in total. The Morgan fingerprint density at radius 2 is 2.17 bits per heavy atom. The predicted octanol–water partition coefficient (Wildman–Crippen LogP) is 1.28. The minimum atomic E-state index is -0.831. The van der Waals surface area contributed by atoms with Crippen molar-refractivity contribution in [1.82, 2.24) is 15.0 Å². The fraction of sp³-hybridized carbons (Fsp3) is 0.727. The van der Waals surface area contributed by atoms with E-state index in [0.29, 0.717) is 24.7 Å². The first-order valence-corrected chi connectivity index (χ1v) is 5.70. The highest BCUT2D eigenvalue weighted by Gasteiger charge is 2.30. The minimum Gasteiger partial charge on any atom is -0.340 e. The van der Waals surface area contributed by atoms with Crippen LogP contribution in [0.3, 0.4) is 0 Å². The number of hydrogen-bond acceptors (Lipinski definition) is 5. The van der Waals surface area contributed by atoms with Gasteiger partial charge in [0.15, 0.2) is 5.82 Å². The van der Waals surface area contributed by atoms with Crippen LogP contribution in [0, 0.1) is 6.92 Å². The molecule has 104 valence electrons. The van der Waals surface area contributed by atoms with E-state index in [1.807, 2.05) is 6.92 Å². The summed E-state index contributed by atoms with van der Waals surface area (Å²) in [6.45, 7) is 5.77. The van der Waals surface area contributed by atoms with Gasteiger partial charge in [-0.2, -0.15) is 4.98 Å². The normalized spacial score (nSPS) is 13.6. The standard InChI is InChI=1S/C11H20N4O2.ClH/c1-5-6-11(3,12)10(16)15(4)7-9-13-8(2)17-14-9;/h5-7,12H2,1-4H3;1H. The predicted molar refractivity (Wildman–Crippen MR) is 70.3 cm³/mol. The zero-order valence-corrected chi connectivity index (χ0v) is 12.1. The third-order valence-electron chi connectivity index (χ3n) is 2.55. The van der Waals surface area contributed by atoms with Crippen LogP contribution >= 0.6 is 12.4 Å². The number of halogens is 1. The Hall–Kier alpha value is -1.14. The molecular formula is C11H21ClN4O2. The quantitative estimate of drug-likeness (QED) is 0.875. The van der Waals surface area contributed by atoms with Gasteiger partial charge in [-0.05, 0) is 13.3 Å². The van der Waals surface area contributed by atoms with Gasteiger partial charge in [-0.15, -0.1) is 12.4 Å². The highest BCUT2D eigenvalue weighted by atomic mass is 35.5. The van der Waals surface area contributed by atoms with E-state index in [1.54, 1.807) is 20.9 Å². The van der Waals surface area contributed by atoms with Gasteiger partial charge in [0.1, 0.15) is 0 Å². The molecule has 0 aliphatic heterocycles. The molecule has 0 fully saturated rings. The molecule has 0 saturated carbocycles. The summed E-state index contributed by atoms with van der Waals surface area (Å²) in [5.41, 5.74) is 5.14. The Kier molecular flexibility index (Phi) is 6.28. The van der Waals surface area contributed by atoms with Gasteiger partial charge in [0.2, 0.25) is 11.8 Å². The summed E-state index contributed by atoms with van der Waals surface area (Å²) in [6, 6.07) is 0. The van der Waals surface area contributed by atoms with Crippen molar-refractivity contribution in [1.29, 1.82) is 0 Å². The Balaban J connectivity index is 0.00000289. The maximum Gasteiger partial charge on any atom is 0.242 e. The maximum absolute atomic E-state index is 12.1. The number of rotatable bonds is 5. The molecule has 0 radical (unpaired) electrons. The first kappa shape index (κ1) is 16.9. The van der Waals surface area contributed by atoms with Crippen LogP contribution in [-0.2, 0) is 11.3 Å². The SMILES string of the molecule is CCCC(C)(N)C(=O)N(C)Cc1noc(C)n1.Cl. The average Bonchev–Trinajstić information content (AvgIpc) is 2.62. The summed E-state index contributed by atoms with van der Waals surface area (Å²) in [5.74, 6) is 0.873. The molecular weight excluding hydrogens is 256 g/mol. The lowest BCUT2D eigenvalue weighted by Gasteiger charge is -2.28. The van der Waals surface area contributed by atoms with E-state index in [2.05, 4.69) is 10.1 Å². The van der Waals surface area contributed by atoms with E-state index < -0.39 is 5.54 Å². The van der Waals surface area contributed by atoms with Gasteiger partial charge < -0.3 is 15.2 Å². The van der Waals surface area contributed by atoms with E-state index >= 15 is 0 Å². The van der Waals surface area contributed by atoms with E-state index in [-0.39, 0.29) is 18.3 Å². The molecule has 18 heavy (non-hydrogen) atoms. The van der Waals surface area contributed by atoms with Crippen LogP contribution in [0.4, 0.5) is 0 Å². The second-order valence-electron chi connectivity index (χ2n) is 4.56. The molecule has 0 bridgehead atoms. The highest BCUT2D eigenvalue weighted by molar-refractivity contribution is 5.85.